The van der Waals surface area contributed by atoms with Crippen LogP contribution < -0.4 is 10.2 Å². The average Bonchev–Trinajstić information content (AvgIpc) is 2.82. The summed E-state index contributed by atoms with van der Waals surface area (Å²) in [6.07, 6.45) is 2.43. The van der Waals surface area contributed by atoms with Crippen LogP contribution in [-0.4, -0.2) is 26.2 Å². The second-order valence-electron chi connectivity index (χ2n) is 5.52. The van der Waals surface area contributed by atoms with Crippen molar-refractivity contribution in [1.29, 1.82) is 0 Å². The monoisotopic (exact) mass is 232 g/mol. The van der Waals surface area contributed by atoms with Gasteiger partial charge in [0.2, 0.25) is 0 Å². The van der Waals surface area contributed by atoms with Crippen LogP contribution in [0.1, 0.15) is 25.8 Å². The Labute approximate surface area is 105 Å². The summed E-state index contributed by atoms with van der Waals surface area (Å²) in [5, 5.41) is 3.42. The summed E-state index contributed by atoms with van der Waals surface area (Å²) in [7, 11) is 2.20. The van der Waals surface area contributed by atoms with Gasteiger partial charge in [0.05, 0.1) is 0 Å². The normalized spacial score (nSPS) is 19.9. The van der Waals surface area contributed by atoms with Gasteiger partial charge in [-0.05, 0) is 43.0 Å². The molecule has 1 aromatic carbocycles. The number of likely N-dealkylation sites (N-methyl/N-ethyl adjacent to an activating group) is 1. The first-order valence-corrected chi connectivity index (χ1v) is 6.69. The van der Waals surface area contributed by atoms with E-state index in [1.165, 1.54) is 24.1 Å². The van der Waals surface area contributed by atoms with E-state index in [4.69, 9.17) is 0 Å². The number of hydrogen-bond acceptors (Lipinski definition) is 2. The van der Waals surface area contributed by atoms with Crippen molar-refractivity contribution >= 4 is 5.69 Å². The van der Waals surface area contributed by atoms with Gasteiger partial charge in [-0.15, -0.1) is 0 Å². The van der Waals surface area contributed by atoms with Crippen molar-refractivity contribution in [3.05, 3.63) is 29.8 Å². The summed E-state index contributed by atoms with van der Waals surface area (Å²) in [6, 6.07) is 9.72. The van der Waals surface area contributed by atoms with E-state index >= 15 is 0 Å². The Morgan fingerprint density at radius 3 is 2.53 bits per heavy atom. The van der Waals surface area contributed by atoms with E-state index in [2.05, 4.69) is 55.4 Å². The smallest absolute Gasteiger partial charge is 0.0423 e. The Kier molecular flexibility index (Phi) is 4.06. The minimum atomic E-state index is 0.658. The summed E-state index contributed by atoms with van der Waals surface area (Å²) in [5.74, 6) is 0.734. The van der Waals surface area contributed by atoms with Crippen molar-refractivity contribution in [3.63, 3.8) is 0 Å². The topological polar surface area (TPSA) is 15.3 Å². The van der Waals surface area contributed by atoms with E-state index in [1.807, 2.05) is 0 Å². The molecule has 1 aromatic rings. The number of nitrogens with zero attached hydrogens (tertiary/aromatic N) is 1. The lowest BCUT2D eigenvalue weighted by Crippen LogP contribution is -2.33. The Bertz CT molecular complexity index is 336. The van der Waals surface area contributed by atoms with E-state index < -0.39 is 0 Å². The minimum absolute atomic E-state index is 0.658. The summed E-state index contributed by atoms with van der Waals surface area (Å²) in [6.45, 7) is 6.80. The fourth-order valence-electron chi connectivity index (χ4n) is 2.52. The predicted octanol–water partition coefficient (Wildman–Crippen LogP) is 2.68. The number of anilines is 1. The lowest BCUT2D eigenvalue weighted by Gasteiger charge is -2.26. The van der Waals surface area contributed by atoms with Crippen LogP contribution in [0.25, 0.3) is 0 Å². The zero-order chi connectivity index (χ0) is 12.3. The Morgan fingerprint density at radius 2 is 2.00 bits per heavy atom. The fraction of sp³-hybridized carbons (Fsp3) is 0.600. The van der Waals surface area contributed by atoms with Crippen LogP contribution >= 0.6 is 0 Å². The molecule has 0 spiro atoms. The van der Waals surface area contributed by atoms with Gasteiger partial charge in [0.1, 0.15) is 0 Å². The molecule has 2 heteroatoms. The van der Waals surface area contributed by atoms with Gasteiger partial charge >= 0.3 is 0 Å². The van der Waals surface area contributed by atoms with Crippen LogP contribution in [-0.2, 0) is 6.42 Å². The minimum Gasteiger partial charge on any atom is -0.370 e. The maximum atomic E-state index is 3.42. The van der Waals surface area contributed by atoms with Gasteiger partial charge in [0, 0.05) is 25.3 Å². The second kappa shape index (κ2) is 5.54. The molecular weight excluding hydrogens is 208 g/mol. The Morgan fingerprint density at radius 1 is 1.29 bits per heavy atom. The van der Waals surface area contributed by atoms with E-state index in [9.17, 15) is 0 Å². The highest BCUT2D eigenvalue weighted by molar-refractivity contribution is 5.48. The first-order valence-electron chi connectivity index (χ1n) is 6.69. The molecule has 94 valence electrons. The van der Waals surface area contributed by atoms with E-state index in [-0.39, 0.29) is 0 Å². The highest BCUT2D eigenvalue weighted by atomic mass is 15.2. The van der Waals surface area contributed by atoms with Crippen molar-refractivity contribution in [2.45, 2.75) is 32.7 Å². The number of benzene rings is 1. The van der Waals surface area contributed by atoms with Crippen molar-refractivity contribution < 1.29 is 0 Å². The first kappa shape index (κ1) is 12.4. The number of hydrogen-bond donors (Lipinski definition) is 1. The highest BCUT2D eigenvalue weighted by Crippen LogP contribution is 2.20. The molecule has 1 N–H and O–H groups in total. The molecule has 0 aliphatic carbocycles. The third-order valence-electron chi connectivity index (χ3n) is 3.57. The lowest BCUT2D eigenvalue weighted by molar-refractivity contribution is 0.646. The number of rotatable bonds is 4. The van der Waals surface area contributed by atoms with Crippen LogP contribution in [0.2, 0.25) is 0 Å². The lowest BCUT2D eigenvalue weighted by atomic mass is 10.0. The molecule has 1 aliphatic rings. The van der Waals surface area contributed by atoms with Gasteiger partial charge in [-0.2, -0.15) is 0 Å². The maximum absolute atomic E-state index is 3.42. The van der Waals surface area contributed by atoms with E-state index in [1.54, 1.807) is 0 Å². The van der Waals surface area contributed by atoms with Gasteiger partial charge in [-0.25, -0.2) is 0 Å². The van der Waals surface area contributed by atoms with E-state index in [0.29, 0.717) is 6.04 Å². The van der Waals surface area contributed by atoms with Crippen LogP contribution in [0.3, 0.4) is 0 Å². The average molecular weight is 232 g/mol. The molecular formula is C15H24N2. The Hall–Kier alpha value is -1.02. The van der Waals surface area contributed by atoms with Crippen molar-refractivity contribution in [1.82, 2.24) is 5.32 Å². The van der Waals surface area contributed by atoms with Gasteiger partial charge in [0.15, 0.2) is 0 Å². The molecule has 1 saturated heterocycles. The molecule has 2 rings (SSSR count). The number of nitrogens with one attached hydrogen (secondary N) is 1. The summed E-state index contributed by atoms with van der Waals surface area (Å²) in [5.41, 5.74) is 2.79. The van der Waals surface area contributed by atoms with Crippen molar-refractivity contribution in [2.75, 3.05) is 25.0 Å². The standard InChI is InChI=1S/C15H24N2/c1-12(2)10-13-4-6-14(7-5-13)17(3)15-8-9-16-11-15/h4-7,12,15-16H,8-11H2,1-3H3. The van der Waals surface area contributed by atoms with Gasteiger partial charge in [0.25, 0.3) is 0 Å². The molecule has 1 unspecified atom stereocenters. The quantitative estimate of drug-likeness (QED) is 0.858. The van der Waals surface area contributed by atoms with Crippen molar-refractivity contribution in [3.8, 4) is 0 Å². The SMILES string of the molecule is CC(C)Cc1ccc(N(C)C2CCNC2)cc1. The van der Waals surface area contributed by atoms with Crippen LogP contribution in [0.5, 0.6) is 0 Å². The van der Waals surface area contributed by atoms with Crippen molar-refractivity contribution in [2.24, 2.45) is 5.92 Å². The molecule has 0 amide bonds. The Balaban J connectivity index is 2.01. The third-order valence-corrected chi connectivity index (χ3v) is 3.57. The molecule has 2 nitrogen and oxygen atoms in total. The molecule has 1 fully saturated rings. The van der Waals surface area contributed by atoms with Crippen LogP contribution in [0.4, 0.5) is 5.69 Å². The van der Waals surface area contributed by atoms with E-state index in [0.717, 1.165) is 19.0 Å². The van der Waals surface area contributed by atoms with Gasteiger partial charge < -0.3 is 10.2 Å². The molecule has 1 heterocycles. The molecule has 17 heavy (non-hydrogen) atoms. The molecule has 0 bridgehead atoms. The van der Waals surface area contributed by atoms with Crippen LogP contribution in [0, 0.1) is 5.92 Å². The molecule has 1 aliphatic heterocycles. The third kappa shape index (κ3) is 3.22. The summed E-state index contributed by atoms with van der Waals surface area (Å²) >= 11 is 0. The zero-order valence-corrected chi connectivity index (χ0v) is 11.2. The summed E-state index contributed by atoms with van der Waals surface area (Å²) < 4.78 is 0. The molecule has 0 aromatic heterocycles. The summed E-state index contributed by atoms with van der Waals surface area (Å²) in [4.78, 5) is 2.40. The van der Waals surface area contributed by atoms with Crippen LogP contribution in [0.15, 0.2) is 24.3 Å². The predicted molar refractivity (Wildman–Crippen MR) is 74.7 cm³/mol. The fourth-order valence-corrected chi connectivity index (χ4v) is 2.52. The second-order valence-corrected chi connectivity index (χ2v) is 5.52. The van der Waals surface area contributed by atoms with Gasteiger partial charge in [-0.3, -0.25) is 0 Å². The molecule has 1 atom stereocenters. The van der Waals surface area contributed by atoms with Gasteiger partial charge in [-0.1, -0.05) is 26.0 Å². The maximum Gasteiger partial charge on any atom is 0.0423 e. The molecule has 0 saturated carbocycles. The first-order chi connectivity index (χ1) is 8.16. The largest absolute Gasteiger partial charge is 0.370 e. The molecule has 0 radical (unpaired) electrons. The highest BCUT2D eigenvalue weighted by Gasteiger charge is 2.19. The zero-order valence-electron chi connectivity index (χ0n) is 11.2.